The molecule has 1 N–H and O–H groups in total. The van der Waals surface area contributed by atoms with Crippen LogP contribution in [0.1, 0.15) is 119 Å². The Hall–Kier alpha value is -5.35. The first kappa shape index (κ1) is 44.4. The molecule has 0 aliphatic carbocycles. The molecule has 0 amide bonds. The van der Waals surface area contributed by atoms with Crippen LogP contribution in [0.5, 0.6) is 0 Å². The lowest BCUT2D eigenvalue weighted by Crippen LogP contribution is -2.13. The van der Waals surface area contributed by atoms with Gasteiger partial charge in [0, 0.05) is 50.9 Å². The summed E-state index contributed by atoms with van der Waals surface area (Å²) < 4.78 is 0. The van der Waals surface area contributed by atoms with Gasteiger partial charge in [-0.1, -0.05) is 169 Å². The summed E-state index contributed by atoms with van der Waals surface area (Å²) in [5.74, 6) is 0. The summed E-state index contributed by atoms with van der Waals surface area (Å²) in [7, 11) is 0. The summed E-state index contributed by atoms with van der Waals surface area (Å²) in [5, 5.41) is 4.96. The average molecular weight is 759 g/mol. The highest BCUT2D eigenvalue weighted by Gasteiger charge is 2.19. The van der Waals surface area contributed by atoms with Crippen LogP contribution in [0, 0.1) is 6.92 Å². The van der Waals surface area contributed by atoms with Crippen molar-refractivity contribution in [1.82, 2.24) is 19.9 Å². The maximum absolute atomic E-state index is 4.65. The zero-order chi connectivity index (χ0) is 40.9. The average Bonchev–Trinajstić information content (AvgIpc) is 3.62. The standard InChI is InChI=1S/C14H17N.2C13H15N.C12H15N.CH4/c1-10-8-9-11-6-5-7-12(13(11)15-10)14(2,3)4;1-13(2,3)11-8-4-6-10-7-5-9-14-12(10)11;1-13(2,3)12-9-8-10-6-4-5-7-11(10)14-12;1-12(2,3)10-4-5-11-9(8-10)6-7-13-11;/h5-9H,1-4H3;2*4-9H,1-3H3;4-8,13H,1-3H3;1H4. The smallest absolute Gasteiger partial charge is 0.0742 e. The fourth-order valence-corrected chi connectivity index (χ4v) is 6.56. The normalized spacial score (nSPS) is 11.8. The molecule has 4 heteroatoms. The Morgan fingerprint density at radius 1 is 0.456 bits per heavy atom. The molecule has 0 aliphatic rings. The van der Waals surface area contributed by atoms with E-state index in [-0.39, 0.29) is 29.1 Å². The van der Waals surface area contributed by atoms with Crippen LogP contribution in [0.3, 0.4) is 0 Å². The number of nitrogens with zero attached hydrogens (tertiary/aromatic N) is 3. The molecule has 0 fully saturated rings. The Kier molecular flexibility index (Phi) is 13.9. The first-order valence-corrected chi connectivity index (χ1v) is 19.9. The van der Waals surface area contributed by atoms with Crippen molar-refractivity contribution in [1.29, 1.82) is 0 Å². The van der Waals surface area contributed by atoms with Crippen molar-refractivity contribution in [3.8, 4) is 0 Å². The molecule has 0 unspecified atom stereocenters. The molecule has 0 spiro atoms. The van der Waals surface area contributed by atoms with Gasteiger partial charge in [-0.3, -0.25) is 15.0 Å². The lowest BCUT2D eigenvalue weighted by atomic mass is 9.85. The Bertz CT molecular complexity index is 2520. The molecular formula is C53H66N4. The third-order valence-corrected chi connectivity index (χ3v) is 9.89. The highest BCUT2D eigenvalue weighted by molar-refractivity contribution is 5.84. The Labute approximate surface area is 343 Å². The molecule has 0 bridgehead atoms. The third-order valence-electron chi connectivity index (χ3n) is 9.89. The van der Waals surface area contributed by atoms with Crippen LogP contribution < -0.4 is 0 Å². The highest BCUT2D eigenvalue weighted by Crippen LogP contribution is 2.30. The molecule has 4 aromatic carbocycles. The van der Waals surface area contributed by atoms with Gasteiger partial charge < -0.3 is 4.98 Å². The number of hydrogen-bond donors (Lipinski definition) is 1. The molecule has 4 heterocycles. The Balaban J connectivity index is 0.000000168. The van der Waals surface area contributed by atoms with Crippen LogP contribution in [-0.2, 0) is 21.7 Å². The number of aromatic nitrogens is 4. The predicted molar refractivity (Wildman–Crippen MR) is 250 cm³/mol. The van der Waals surface area contributed by atoms with Crippen LogP contribution in [0.2, 0.25) is 0 Å². The van der Waals surface area contributed by atoms with E-state index >= 15 is 0 Å². The predicted octanol–water partition coefficient (Wildman–Crippen LogP) is 15.0. The maximum Gasteiger partial charge on any atom is 0.0742 e. The number of H-pyrrole nitrogens is 1. The topological polar surface area (TPSA) is 54.5 Å². The molecule has 4 nitrogen and oxygen atoms in total. The molecule has 0 aliphatic heterocycles. The molecular weight excluding hydrogens is 693 g/mol. The zero-order valence-corrected chi connectivity index (χ0v) is 36.0. The number of rotatable bonds is 0. The Morgan fingerprint density at radius 3 is 1.67 bits per heavy atom. The molecule has 0 radical (unpaired) electrons. The van der Waals surface area contributed by atoms with Crippen LogP contribution in [0.4, 0.5) is 0 Å². The summed E-state index contributed by atoms with van der Waals surface area (Å²) in [6, 6.07) is 42.3. The monoisotopic (exact) mass is 759 g/mol. The van der Waals surface area contributed by atoms with Crippen LogP contribution >= 0.6 is 0 Å². The molecule has 4 aromatic heterocycles. The number of aromatic amines is 1. The third kappa shape index (κ3) is 11.6. The first-order valence-electron chi connectivity index (χ1n) is 19.9. The van der Waals surface area contributed by atoms with E-state index in [0.29, 0.717) is 0 Å². The second-order valence-corrected chi connectivity index (χ2v) is 18.9. The lowest BCUT2D eigenvalue weighted by molar-refractivity contribution is 0.571. The van der Waals surface area contributed by atoms with Gasteiger partial charge >= 0.3 is 0 Å². The van der Waals surface area contributed by atoms with Gasteiger partial charge in [0.25, 0.3) is 0 Å². The summed E-state index contributed by atoms with van der Waals surface area (Å²) >= 11 is 0. The number of para-hydroxylation sites is 3. The molecule has 57 heavy (non-hydrogen) atoms. The van der Waals surface area contributed by atoms with Gasteiger partial charge in [-0.25, -0.2) is 0 Å². The van der Waals surface area contributed by atoms with Crippen molar-refractivity contribution >= 4 is 43.6 Å². The van der Waals surface area contributed by atoms with Crippen LogP contribution in [0.15, 0.2) is 134 Å². The van der Waals surface area contributed by atoms with Gasteiger partial charge in [0.05, 0.1) is 16.6 Å². The van der Waals surface area contributed by atoms with E-state index < -0.39 is 0 Å². The minimum absolute atomic E-state index is 0. The molecule has 0 saturated carbocycles. The molecule has 8 rings (SSSR count). The van der Waals surface area contributed by atoms with Crippen molar-refractivity contribution in [2.24, 2.45) is 0 Å². The van der Waals surface area contributed by atoms with Crippen molar-refractivity contribution in [3.05, 3.63) is 162 Å². The van der Waals surface area contributed by atoms with E-state index in [9.17, 15) is 0 Å². The first-order chi connectivity index (χ1) is 26.2. The van der Waals surface area contributed by atoms with Gasteiger partial charge in [-0.2, -0.15) is 0 Å². The summed E-state index contributed by atoms with van der Waals surface area (Å²) in [6.07, 6.45) is 3.84. The van der Waals surface area contributed by atoms with E-state index in [2.05, 4.69) is 206 Å². The van der Waals surface area contributed by atoms with Crippen molar-refractivity contribution < 1.29 is 0 Å². The highest BCUT2D eigenvalue weighted by atomic mass is 14.7. The number of fused-ring (bicyclic) bond motifs is 4. The van der Waals surface area contributed by atoms with E-state index in [1.165, 1.54) is 43.8 Å². The van der Waals surface area contributed by atoms with Crippen molar-refractivity contribution in [2.75, 3.05) is 0 Å². The van der Waals surface area contributed by atoms with Crippen LogP contribution in [-0.4, -0.2) is 19.9 Å². The molecule has 0 saturated heterocycles. The number of pyridine rings is 3. The second kappa shape index (κ2) is 17.8. The van der Waals surface area contributed by atoms with E-state index in [0.717, 1.165) is 27.9 Å². The quantitative estimate of drug-likeness (QED) is 0.168. The van der Waals surface area contributed by atoms with Crippen molar-refractivity contribution in [2.45, 2.75) is 119 Å². The molecule has 8 aromatic rings. The van der Waals surface area contributed by atoms with Gasteiger partial charge in [0.2, 0.25) is 0 Å². The van der Waals surface area contributed by atoms with E-state index in [4.69, 9.17) is 0 Å². The lowest BCUT2D eigenvalue weighted by Gasteiger charge is -2.20. The zero-order valence-electron chi connectivity index (χ0n) is 36.0. The number of aryl methyl sites for hydroxylation is 1. The number of nitrogens with one attached hydrogen (secondary N) is 1. The van der Waals surface area contributed by atoms with Crippen LogP contribution in [0.25, 0.3) is 43.6 Å². The number of benzene rings is 4. The summed E-state index contributed by atoms with van der Waals surface area (Å²) in [5.41, 5.74) is 11.5. The minimum Gasteiger partial charge on any atom is -0.361 e. The van der Waals surface area contributed by atoms with E-state index in [1.807, 2.05) is 37.5 Å². The van der Waals surface area contributed by atoms with Gasteiger partial charge in [0.1, 0.15) is 0 Å². The van der Waals surface area contributed by atoms with Gasteiger partial charge in [-0.15, -0.1) is 0 Å². The maximum atomic E-state index is 4.65. The fourth-order valence-electron chi connectivity index (χ4n) is 6.56. The Morgan fingerprint density at radius 2 is 1.04 bits per heavy atom. The fraction of sp³-hybridized carbons (Fsp3) is 0.340. The minimum atomic E-state index is 0. The largest absolute Gasteiger partial charge is 0.361 e. The SMILES string of the molecule is C.CC(C)(C)c1ccc2[nH]ccc2c1.CC(C)(C)c1ccc2ccccc2n1.CC(C)(C)c1cccc2cccnc12.Cc1ccc2cccc(C(C)(C)C)c2n1. The molecule has 298 valence electrons. The van der Waals surface area contributed by atoms with Crippen molar-refractivity contribution in [3.63, 3.8) is 0 Å². The number of hydrogen-bond acceptors (Lipinski definition) is 3. The summed E-state index contributed by atoms with van der Waals surface area (Å²) in [6.45, 7) is 28.6. The van der Waals surface area contributed by atoms with Gasteiger partial charge in [0.15, 0.2) is 0 Å². The summed E-state index contributed by atoms with van der Waals surface area (Å²) in [4.78, 5) is 16.9. The molecule has 0 atom stereocenters. The van der Waals surface area contributed by atoms with Gasteiger partial charge in [-0.05, 0) is 87.7 Å². The van der Waals surface area contributed by atoms with E-state index in [1.54, 1.807) is 0 Å². The second-order valence-electron chi connectivity index (χ2n) is 18.9.